The van der Waals surface area contributed by atoms with Gasteiger partial charge in [0.05, 0.1) is 6.54 Å². The van der Waals surface area contributed by atoms with Crippen molar-refractivity contribution in [2.75, 3.05) is 39.8 Å². The van der Waals surface area contributed by atoms with E-state index in [0.29, 0.717) is 12.6 Å². The molecule has 3 rings (SSSR count). The van der Waals surface area contributed by atoms with Gasteiger partial charge in [0.1, 0.15) is 12.4 Å². The number of hydrogen-bond acceptors (Lipinski definition) is 5. The number of likely N-dealkylation sites (tertiary alicyclic amines) is 1. The zero-order valence-electron chi connectivity index (χ0n) is 18.5. The highest BCUT2D eigenvalue weighted by Gasteiger charge is 2.22. The molecule has 2 aliphatic heterocycles. The molecule has 0 aromatic carbocycles. The monoisotopic (exact) mass is 405 g/mol. The van der Waals surface area contributed by atoms with Crippen LogP contribution in [0.25, 0.3) is 0 Å². The third kappa shape index (κ3) is 6.96. The molecule has 0 spiro atoms. The lowest BCUT2D eigenvalue weighted by molar-refractivity contribution is 0.177. The number of aromatic nitrogens is 3. The third-order valence-corrected chi connectivity index (χ3v) is 5.89. The van der Waals surface area contributed by atoms with E-state index >= 15 is 0 Å². The maximum absolute atomic E-state index is 5.15. The van der Waals surface area contributed by atoms with E-state index in [2.05, 4.69) is 39.5 Å². The first-order valence-corrected chi connectivity index (χ1v) is 11.4. The minimum atomic E-state index is 0.327. The lowest BCUT2D eigenvalue weighted by atomic mass is 9.99. The Kier molecular flexibility index (Phi) is 8.73. The number of aryl methyl sites for hydroxylation is 1. The van der Waals surface area contributed by atoms with Crippen molar-refractivity contribution in [1.82, 2.24) is 30.3 Å². The predicted octanol–water partition coefficient (Wildman–Crippen LogP) is 1.81. The molecule has 1 atom stereocenters. The Bertz CT molecular complexity index is 637. The van der Waals surface area contributed by atoms with E-state index in [1.807, 2.05) is 4.68 Å². The summed E-state index contributed by atoms with van der Waals surface area (Å²) in [6, 6.07) is 0.327. The van der Waals surface area contributed by atoms with Gasteiger partial charge in [0.25, 0.3) is 0 Å². The number of rotatable bonds is 9. The number of methoxy groups -OCH3 is 1. The fraction of sp³-hybridized carbons (Fsp3) is 0.857. The van der Waals surface area contributed by atoms with Gasteiger partial charge in [0.15, 0.2) is 11.8 Å². The number of ether oxygens (including phenoxy) is 1. The molecule has 2 aliphatic rings. The Morgan fingerprint density at radius 2 is 2.07 bits per heavy atom. The number of guanidine groups is 1. The molecule has 0 amide bonds. The molecule has 29 heavy (non-hydrogen) atoms. The van der Waals surface area contributed by atoms with Crippen molar-refractivity contribution < 1.29 is 4.74 Å². The second-order valence-corrected chi connectivity index (χ2v) is 8.43. The Balaban J connectivity index is 1.40. The standard InChI is InChI=1S/C21H39N7O/c1-4-22-21(23-11-5-6-12-27-13-9-17(2)10-14-27)24-18-7-8-20-25-19(16-29-3)26-28(20)15-18/h17-18H,4-16H2,1-3H3,(H2,22,23,24). The first-order valence-electron chi connectivity index (χ1n) is 11.4. The maximum atomic E-state index is 5.15. The molecule has 164 valence electrons. The molecule has 8 heteroatoms. The third-order valence-electron chi connectivity index (χ3n) is 5.89. The average molecular weight is 406 g/mol. The van der Waals surface area contributed by atoms with Crippen molar-refractivity contribution in [3.63, 3.8) is 0 Å². The Hall–Kier alpha value is -1.67. The molecule has 0 radical (unpaired) electrons. The maximum Gasteiger partial charge on any atom is 0.191 e. The molecule has 2 N–H and O–H groups in total. The summed E-state index contributed by atoms with van der Waals surface area (Å²) in [5.41, 5.74) is 0. The summed E-state index contributed by atoms with van der Waals surface area (Å²) in [4.78, 5) is 12.0. The molecule has 1 fully saturated rings. The molecule has 0 saturated carbocycles. The first-order chi connectivity index (χ1) is 14.2. The quantitative estimate of drug-likeness (QED) is 0.371. The van der Waals surface area contributed by atoms with E-state index in [1.54, 1.807) is 7.11 Å². The van der Waals surface area contributed by atoms with E-state index in [9.17, 15) is 0 Å². The Morgan fingerprint density at radius 1 is 1.24 bits per heavy atom. The fourth-order valence-electron chi connectivity index (χ4n) is 4.11. The lowest BCUT2D eigenvalue weighted by Crippen LogP contribution is -2.47. The number of nitrogens with one attached hydrogen (secondary N) is 2. The van der Waals surface area contributed by atoms with Crippen LogP contribution in [0, 0.1) is 5.92 Å². The largest absolute Gasteiger partial charge is 0.377 e. The summed E-state index contributed by atoms with van der Waals surface area (Å²) in [5, 5.41) is 11.5. The number of piperidine rings is 1. The molecule has 8 nitrogen and oxygen atoms in total. The molecular weight excluding hydrogens is 366 g/mol. The summed E-state index contributed by atoms with van der Waals surface area (Å²) in [6.07, 6.45) is 7.06. The van der Waals surface area contributed by atoms with Gasteiger partial charge in [0.2, 0.25) is 0 Å². The van der Waals surface area contributed by atoms with Gasteiger partial charge >= 0.3 is 0 Å². The van der Waals surface area contributed by atoms with Gasteiger partial charge in [-0.2, -0.15) is 5.10 Å². The van der Waals surface area contributed by atoms with Gasteiger partial charge in [0, 0.05) is 32.7 Å². The van der Waals surface area contributed by atoms with Crippen LogP contribution in [0.2, 0.25) is 0 Å². The summed E-state index contributed by atoms with van der Waals surface area (Å²) in [7, 11) is 1.68. The van der Waals surface area contributed by atoms with Crippen LogP contribution >= 0.6 is 0 Å². The van der Waals surface area contributed by atoms with E-state index in [1.165, 1.54) is 38.9 Å². The Labute approximate surface area is 175 Å². The van der Waals surface area contributed by atoms with Crippen LogP contribution in [-0.4, -0.2) is 71.5 Å². The summed E-state index contributed by atoms with van der Waals surface area (Å²) in [5.74, 6) is 3.66. The second kappa shape index (κ2) is 11.5. The normalized spacial score (nSPS) is 21.2. The zero-order valence-corrected chi connectivity index (χ0v) is 18.5. The van der Waals surface area contributed by atoms with E-state index in [4.69, 9.17) is 9.73 Å². The highest BCUT2D eigenvalue weighted by atomic mass is 16.5. The minimum absolute atomic E-state index is 0.327. The fourth-order valence-corrected chi connectivity index (χ4v) is 4.11. The van der Waals surface area contributed by atoms with Gasteiger partial charge < -0.3 is 20.3 Å². The van der Waals surface area contributed by atoms with Crippen molar-refractivity contribution in [1.29, 1.82) is 0 Å². The number of fused-ring (bicyclic) bond motifs is 1. The number of hydrogen-bond donors (Lipinski definition) is 2. The average Bonchev–Trinajstić information content (AvgIpc) is 3.11. The van der Waals surface area contributed by atoms with Gasteiger partial charge in [-0.25, -0.2) is 9.67 Å². The lowest BCUT2D eigenvalue weighted by Gasteiger charge is -2.30. The predicted molar refractivity (Wildman–Crippen MR) is 116 cm³/mol. The van der Waals surface area contributed by atoms with Crippen LogP contribution in [0.1, 0.15) is 57.6 Å². The first kappa shape index (κ1) is 22.0. The SMILES string of the molecule is CCNC(=NCCCCN1CCC(C)CC1)NC1CCc2nc(COC)nn2C1. The van der Waals surface area contributed by atoms with Gasteiger partial charge in [-0.3, -0.25) is 4.99 Å². The van der Waals surface area contributed by atoms with Gasteiger partial charge in [-0.1, -0.05) is 6.92 Å². The highest BCUT2D eigenvalue weighted by molar-refractivity contribution is 5.80. The second-order valence-electron chi connectivity index (χ2n) is 8.43. The number of nitrogens with zero attached hydrogens (tertiary/aromatic N) is 5. The summed E-state index contributed by atoms with van der Waals surface area (Å²) in [6.45, 7) is 11.3. The molecule has 1 saturated heterocycles. The van der Waals surface area contributed by atoms with Gasteiger partial charge in [-0.05, 0) is 64.6 Å². The van der Waals surface area contributed by atoms with Crippen LogP contribution in [0.5, 0.6) is 0 Å². The Morgan fingerprint density at radius 3 is 2.83 bits per heavy atom. The molecule has 3 heterocycles. The van der Waals surface area contributed by atoms with Crippen LogP contribution in [0.4, 0.5) is 0 Å². The van der Waals surface area contributed by atoms with Crippen LogP contribution < -0.4 is 10.6 Å². The molecule has 1 aromatic heterocycles. The highest BCUT2D eigenvalue weighted by Crippen LogP contribution is 2.16. The topological polar surface area (TPSA) is 79.6 Å². The van der Waals surface area contributed by atoms with Crippen molar-refractivity contribution in [2.45, 2.75) is 71.6 Å². The molecule has 0 aliphatic carbocycles. The summed E-state index contributed by atoms with van der Waals surface area (Å²) >= 11 is 0. The minimum Gasteiger partial charge on any atom is -0.377 e. The van der Waals surface area contributed by atoms with E-state index in [-0.39, 0.29) is 0 Å². The van der Waals surface area contributed by atoms with E-state index in [0.717, 1.165) is 62.4 Å². The number of unbranched alkanes of at least 4 members (excludes halogenated alkanes) is 1. The molecule has 0 bridgehead atoms. The van der Waals surface area contributed by atoms with Crippen molar-refractivity contribution in [3.8, 4) is 0 Å². The molecular formula is C21H39N7O. The zero-order chi connectivity index (χ0) is 20.5. The summed E-state index contributed by atoms with van der Waals surface area (Å²) < 4.78 is 7.16. The van der Waals surface area contributed by atoms with Crippen molar-refractivity contribution in [3.05, 3.63) is 11.6 Å². The molecule has 1 aromatic rings. The smallest absolute Gasteiger partial charge is 0.191 e. The van der Waals surface area contributed by atoms with Gasteiger partial charge in [-0.15, -0.1) is 0 Å². The van der Waals surface area contributed by atoms with Crippen molar-refractivity contribution in [2.24, 2.45) is 10.9 Å². The van der Waals surface area contributed by atoms with Crippen LogP contribution in [0.3, 0.4) is 0 Å². The van der Waals surface area contributed by atoms with Crippen LogP contribution in [-0.2, 0) is 24.3 Å². The molecule has 1 unspecified atom stereocenters. The van der Waals surface area contributed by atoms with Crippen molar-refractivity contribution >= 4 is 5.96 Å². The van der Waals surface area contributed by atoms with Crippen LogP contribution in [0.15, 0.2) is 4.99 Å². The number of aliphatic imine (C=N–C) groups is 1. The van der Waals surface area contributed by atoms with E-state index < -0.39 is 0 Å².